The van der Waals surface area contributed by atoms with Crippen LogP contribution in [0.2, 0.25) is 0 Å². The number of halogens is 3. The molecule has 0 aliphatic heterocycles. The molecule has 1 N–H and O–H groups in total. The molecule has 0 aliphatic rings. The Labute approximate surface area is 207 Å². The Morgan fingerprint density at radius 1 is 1.11 bits per heavy atom. The summed E-state index contributed by atoms with van der Waals surface area (Å²) in [6.45, 7) is 0.390. The van der Waals surface area contributed by atoms with E-state index in [4.69, 9.17) is 10.00 Å². The number of alkyl halides is 3. The van der Waals surface area contributed by atoms with Crippen molar-refractivity contribution in [2.75, 3.05) is 26.0 Å². The molecule has 1 aromatic heterocycles. The van der Waals surface area contributed by atoms with E-state index < -0.39 is 17.6 Å². The summed E-state index contributed by atoms with van der Waals surface area (Å²) in [5, 5.41) is 11.5. The molecule has 0 saturated heterocycles. The molecular formula is C27H23F3N4O2. The number of anilines is 1. The number of amides is 1. The van der Waals surface area contributed by atoms with Crippen molar-refractivity contribution in [2.24, 2.45) is 0 Å². The molecular weight excluding hydrogens is 469 g/mol. The van der Waals surface area contributed by atoms with Crippen LogP contribution < -0.4 is 10.1 Å². The summed E-state index contributed by atoms with van der Waals surface area (Å²) >= 11 is 0. The number of carbonyl (C=O) groups is 1. The Hall–Kier alpha value is -4.34. The van der Waals surface area contributed by atoms with Crippen LogP contribution in [0.4, 0.5) is 18.9 Å². The SMILES string of the molecule is CN(C)CC#Cc1cc(NC(=O)CCc2cccc(Oc3ccnc(C#N)c3)c2)cc(C(F)(F)F)c1. The van der Waals surface area contributed by atoms with E-state index in [9.17, 15) is 18.0 Å². The van der Waals surface area contributed by atoms with Gasteiger partial charge in [0.05, 0.1) is 12.1 Å². The van der Waals surface area contributed by atoms with Crippen molar-refractivity contribution in [3.63, 3.8) is 0 Å². The first kappa shape index (κ1) is 26.3. The van der Waals surface area contributed by atoms with Gasteiger partial charge in [-0.1, -0.05) is 24.0 Å². The highest BCUT2D eigenvalue weighted by atomic mass is 19.4. The highest BCUT2D eigenvalue weighted by molar-refractivity contribution is 5.91. The number of pyridine rings is 1. The quantitative estimate of drug-likeness (QED) is 0.456. The van der Waals surface area contributed by atoms with E-state index in [-0.39, 0.29) is 23.4 Å². The maximum atomic E-state index is 13.3. The van der Waals surface area contributed by atoms with Crippen LogP contribution in [0.25, 0.3) is 0 Å². The smallest absolute Gasteiger partial charge is 0.416 e. The number of carbonyl (C=O) groups excluding carboxylic acids is 1. The normalized spacial score (nSPS) is 10.8. The number of aryl methyl sites for hydroxylation is 1. The van der Waals surface area contributed by atoms with Gasteiger partial charge in [-0.25, -0.2) is 4.98 Å². The number of ether oxygens (including phenoxy) is 1. The largest absolute Gasteiger partial charge is 0.457 e. The third kappa shape index (κ3) is 8.15. The first-order chi connectivity index (χ1) is 17.1. The second-order valence-corrected chi connectivity index (χ2v) is 8.12. The van der Waals surface area contributed by atoms with Crippen molar-refractivity contribution in [1.29, 1.82) is 5.26 Å². The fourth-order valence-electron chi connectivity index (χ4n) is 3.15. The van der Waals surface area contributed by atoms with E-state index in [1.165, 1.54) is 18.3 Å². The highest BCUT2D eigenvalue weighted by Gasteiger charge is 2.31. The van der Waals surface area contributed by atoms with Gasteiger partial charge in [-0.2, -0.15) is 18.4 Å². The third-order valence-electron chi connectivity index (χ3n) is 4.79. The molecule has 0 radical (unpaired) electrons. The van der Waals surface area contributed by atoms with Gasteiger partial charge in [0.2, 0.25) is 5.91 Å². The average molecular weight is 493 g/mol. The molecule has 0 unspecified atom stereocenters. The fourth-order valence-corrected chi connectivity index (χ4v) is 3.15. The van der Waals surface area contributed by atoms with Crippen LogP contribution in [0.5, 0.6) is 11.5 Å². The maximum Gasteiger partial charge on any atom is 0.416 e. The molecule has 1 heterocycles. The molecule has 0 atom stereocenters. The maximum absolute atomic E-state index is 13.3. The molecule has 3 rings (SSSR count). The van der Waals surface area contributed by atoms with Crippen molar-refractivity contribution in [1.82, 2.24) is 9.88 Å². The number of hydrogen-bond donors (Lipinski definition) is 1. The van der Waals surface area contributed by atoms with Crippen molar-refractivity contribution < 1.29 is 22.7 Å². The first-order valence-electron chi connectivity index (χ1n) is 10.9. The Morgan fingerprint density at radius 2 is 1.89 bits per heavy atom. The van der Waals surface area contributed by atoms with Gasteiger partial charge in [-0.3, -0.25) is 9.69 Å². The highest BCUT2D eigenvalue weighted by Crippen LogP contribution is 2.32. The number of benzene rings is 2. The monoisotopic (exact) mass is 492 g/mol. The zero-order valence-corrected chi connectivity index (χ0v) is 19.7. The number of hydrogen-bond acceptors (Lipinski definition) is 5. The summed E-state index contributed by atoms with van der Waals surface area (Å²) in [4.78, 5) is 18.2. The van der Waals surface area contributed by atoms with Gasteiger partial charge in [-0.05, 0) is 62.5 Å². The van der Waals surface area contributed by atoms with Gasteiger partial charge in [0, 0.05) is 29.9 Å². The van der Waals surface area contributed by atoms with E-state index in [0.29, 0.717) is 24.5 Å². The first-order valence-corrected chi connectivity index (χ1v) is 10.9. The molecule has 0 saturated carbocycles. The summed E-state index contributed by atoms with van der Waals surface area (Å²) in [5.74, 6) is 6.05. The second kappa shape index (κ2) is 11.9. The molecule has 184 valence electrons. The van der Waals surface area contributed by atoms with Gasteiger partial charge in [0.15, 0.2) is 0 Å². The van der Waals surface area contributed by atoms with Crippen LogP contribution in [0.15, 0.2) is 60.8 Å². The lowest BCUT2D eigenvalue weighted by atomic mass is 10.1. The topological polar surface area (TPSA) is 78.2 Å². The van der Waals surface area contributed by atoms with Crippen LogP contribution in [0.1, 0.15) is 28.8 Å². The standard InChI is InChI=1S/C27H23F3N4O2/c1-34(2)12-4-6-20-13-21(27(28,29)30)16-22(14-20)33-26(35)9-8-19-5-3-7-24(15-19)36-25-10-11-32-23(17-25)18-31/h3,5,7,10-11,13-17H,8-9,12H2,1-2H3,(H,33,35). The second-order valence-electron chi connectivity index (χ2n) is 8.12. The van der Waals surface area contributed by atoms with E-state index in [1.54, 1.807) is 43.3 Å². The molecule has 0 bridgehead atoms. The van der Waals surface area contributed by atoms with Gasteiger partial charge in [0.25, 0.3) is 0 Å². The molecule has 2 aromatic carbocycles. The molecule has 0 fully saturated rings. The molecule has 9 heteroatoms. The van der Waals surface area contributed by atoms with Crippen molar-refractivity contribution in [3.8, 4) is 29.4 Å². The van der Waals surface area contributed by atoms with Gasteiger partial charge >= 0.3 is 6.18 Å². The molecule has 1 amide bonds. The minimum atomic E-state index is -4.57. The average Bonchev–Trinajstić information content (AvgIpc) is 2.82. The Balaban J connectivity index is 1.66. The Bertz CT molecular complexity index is 1340. The Kier molecular flexibility index (Phi) is 8.66. The van der Waals surface area contributed by atoms with E-state index in [0.717, 1.165) is 17.7 Å². The fraction of sp³-hybridized carbons (Fsp3) is 0.222. The lowest BCUT2D eigenvalue weighted by Crippen LogP contribution is -2.14. The minimum absolute atomic E-state index is 0.0343. The van der Waals surface area contributed by atoms with Gasteiger partial charge < -0.3 is 10.1 Å². The summed E-state index contributed by atoms with van der Waals surface area (Å²) in [6, 6.07) is 15.4. The number of nitrogens with zero attached hydrogens (tertiary/aromatic N) is 3. The molecule has 36 heavy (non-hydrogen) atoms. The van der Waals surface area contributed by atoms with Crippen molar-refractivity contribution in [3.05, 3.63) is 83.2 Å². The summed E-state index contributed by atoms with van der Waals surface area (Å²) in [5.41, 5.74) is 0.350. The van der Waals surface area contributed by atoms with Crippen LogP contribution in [-0.4, -0.2) is 36.4 Å². The van der Waals surface area contributed by atoms with Crippen molar-refractivity contribution in [2.45, 2.75) is 19.0 Å². The lowest BCUT2D eigenvalue weighted by molar-refractivity contribution is -0.137. The lowest BCUT2D eigenvalue weighted by Gasteiger charge is -2.12. The number of rotatable bonds is 7. The van der Waals surface area contributed by atoms with E-state index >= 15 is 0 Å². The molecule has 6 nitrogen and oxygen atoms in total. The molecule has 0 spiro atoms. The van der Waals surface area contributed by atoms with E-state index in [2.05, 4.69) is 22.1 Å². The van der Waals surface area contributed by atoms with Crippen LogP contribution in [-0.2, 0) is 17.4 Å². The van der Waals surface area contributed by atoms with Crippen LogP contribution in [0, 0.1) is 23.2 Å². The zero-order chi connectivity index (χ0) is 26.1. The predicted octanol–water partition coefficient (Wildman–Crippen LogP) is 5.25. The zero-order valence-electron chi connectivity index (χ0n) is 19.7. The van der Waals surface area contributed by atoms with Crippen LogP contribution >= 0.6 is 0 Å². The summed E-state index contributed by atoms with van der Waals surface area (Å²) in [6.07, 6.45) is -2.70. The van der Waals surface area contributed by atoms with Gasteiger partial charge in [0.1, 0.15) is 23.3 Å². The van der Waals surface area contributed by atoms with Crippen LogP contribution in [0.3, 0.4) is 0 Å². The number of aromatic nitrogens is 1. The third-order valence-corrected chi connectivity index (χ3v) is 4.79. The number of nitriles is 1. The van der Waals surface area contributed by atoms with Gasteiger partial charge in [-0.15, -0.1) is 0 Å². The summed E-state index contributed by atoms with van der Waals surface area (Å²) < 4.78 is 45.8. The molecule has 0 aliphatic carbocycles. The van der Waals surface area contributed by atoms with E-state index in [1.807, 2.05) is 12.1 Å². The minimum Gasteiger partial charge on any atom is -0.457 e. The molecule has 3 aromatic rings. The summed E-state index contributed by atoms with van der Waals surface area (Å²) in [7, 11) is 3.61. The Morgan fingerprint density at radius 3 is 2.61 bits per heavy atom. The predicted molar refractivity (Wildman–Crippen MR) is 129 cm³/mol. The van der Waals surface area contributed by atoms with Crippen molar-refractivity contribution >= 4 is 11.6 Å². The number of nitrogens with one attached hydrogen (secondary N) is 1.